The molecule has 2 aromatic rings. The number of benzene rings is 2. The number of halogens is 1. The molecule has 26 heavy (non-hydrogen) atoms. The van der Waals surface area contributed by atoms with E-state index >= 15 is 0 Å². The molecule has 0 saturated carbocycles. The van der Waals surface area contributed by atoms with Crippen LogP contribution in [-0.2, 0) is 15.3 Å². The summed E-state index contributed by atoms with van der Waals surface area (Å²) in [6.07, 6.45) is 0. The lowest BCUT2D eigenvalue weighted by molar-refractivity contribution is -0.131. The van der Waals surface area contributed by atoms with Gasteiger partial charge in [0.15, 0.2) is 0 Å². The van der Waals surface area contributed by atoms with Gasteiger partial charge in [-0.2, -0.15) is 0 Å². The second kappa shape index (κ2) is 9.64. The fraction of sp³-hybridized carbons (Fsp3) is 0.300. The Morgan fingerprint density at radius 3 is 2.50 bits per heavy atom. The minimum atomic E-state index is -0.197. The third kappa shape index (κ3) is 6.07. The fourth-order valence-corrected chi connectivity index (χ4v) is 3.38. The van der Waals surface area contributed by atoms with Crippen LogP contribution in [0.25, 0.3) is 0 Å². The molecule has 4 nitrogen and oxygen atoms in total. The van der Waals surface area contributed by atoms with Gasteiger partial charge >= 0.3 is 0 Å². The highest BCUT2D eigenvalue weighted by Gasteiger charge is 2.14. The molecule has 0 aliphatic heterocycles. The highest BCUT2D eigenvalue weighted by molar-refractivity contribution is 7.99. The van der Waals surface area contributed by atoms with Crippen molar-refractivity contribution < 1.29 is 9.59 Å². The van der Waals surface area contributed by atoms with Gasteiger partial charge in [0.2, 0.25) is 11.8 Å². The molecule has 0 radical (unpaired) electrons. The minimum absolute atomic E-state index is 0.0354. The number of nitrogens with zero attached hydrogens (tertiary/aromatic N) is 1. The smallest absolute Gasteiger partial charge is 0.243 e. The number of carbonyl (C=O) groups is 2. The summed E-state index contributed by atoms with van der Waals surface area (Å²) in [5.74, 6) is 0.790. The minimum Gasteiger partial charge on any atom is -0.336 e. The van der Waals surface area contributed by atoms with Crippen LogP contribution in [0.4, 0.5) is 5.69 Å². The number of likely N-dealkylation sites (N-methyl/N-ethyl adjacent to an activating group) is 1. The Labute approximate surface area is 163 Å². The van der Waals surface area contributed by atoms with Gasteiger partial charge in [-0.1, -0.05) is 35.9 Å². The number of carbonyl (C=O) groups excluding carboxylic acids is 2. The van der Waals surface area contributed by atoms with Crippen LogP contribution in [0.1, 0.15) is 16.7 Å². The lowest BCUT2D eigenvalue weighted by Crippen LogP contribution is -2.36. The Morgan fingerprint density at radius 2 is 1.81 bits per heavy atom. The van der Waals surface area contributed by atoms with Crippen LogP contribution in [0.2, 0.25) is 5.02 Å². The molecule has 0 aliphatic carbocycles. The quantitative estimate of drug-likeness (QED) is 0.767. The Bertz CT molecular complexity index is 778. The maximum atomic E-state index is 12.2. The van der Waals surface area contributed by atoms with Gasteiger partial charge in [0.05, 0.1) is 12.3 Å². The summed E-state index contributed by atoms with van der Waals surface area (Å²) in [5.41, 5.74) is 4.05. The number of hydrogen-bond donors (Lipinski definition) is 1. The summed E-state index contributed by atoms with van der Waals surface area (Å²) in [7, 11) is 1.65. The average molecular weight is 391 g/mol. The zero-order chi connectivity index (χ0) is 19.1. The molecule has 0 atom stereocenters. The zero-order valence-electron chi connectivity index (χ0n) is 15.2. The third-order valence-corrected chi connectivity index (χ3v) is 5.33. The maximum Gasteiger partial charge on any atom is 0.243 e. The lowest BCUT2D eigenvalue weighted by Gasteiger charge is -2.17. The van der Waals surface area contributed by atoms with Crippen molar-refractivity contribution in [1.82, 2.24) is 4.90 Å². The van der Waals surface area contributed by atoms with Gasteiger partial charge in [-0.3, -0.25) is 9.59 Å². The molecule has 1 N–H and O–H groups in total. The van der Waals surface area contributed by atoms with E-state index in [4.69, 9.17) is 11.6 Å². The number of thioether (sulfide) groups is 1. The van der Waals surface area contributed by atoms with Gasteiger partial charge in [0.25, 0.3) is 0 Å². The van der Waals surface area contributed by atoms with E-state index in [9.17, 15) is 9.59 Å². The first kappa shape index (κ1) is 20.3. The molecule has 2 amide bonds. The number of aryl methyl sites for hydroxylation is 1. The molecule has 0 saturated heterocycles. The van der Waals surface area contributed by atoms with Crippen molar-refractivity contribution in [3.8, 4) is 0 Å². The predicted octanol–water partition coefficient (Wildman–Crippen LogP) is 4.29. The third-order valence-electron chi connectivity index (χ3n) is 4.09. The van der Waals surface area contributed by atoms with Crippen molar-refractivity contribution in [3.63, 3.8) is 0 Å². The second-order valence-corrected chi connectivity index (χ2v) is 7.59. The molecule has 0 spiro atoms. The van der Waals surface area contributed by atoms with Crippen molar-refractivity contribution in [3.05, 3.63) is 64.2 Å². The molecular weight excluding hydrogens is 368 g/mol. The van der Waals surface area contributed by atoms with E-state index in [1.54, 1.807) is 7.05 Å². The monoisotopic (exact) mass is 390 g/mol. The fourth-order valence-electron chi connectivity index (χ4n) is 2.33. The second-order valence-electron chi connectivity index (χ2n) is 6.16. The Morgan fingerprint density at radius 1 is 1.12 bits per heavy atom. The maximum absolute atomic E-state index is 12.2. The van der Waals surface area contributed by atoms with E-state index in [1.165, 1.54) is 16.7 Å². The first-order valence-electron chi connectivity index (χ1n) is 8.29. The summed E-state index contributed by atoms with van der Waals surface area (Å²) in [4.78, 5) is 25.8. The van der Waals surface area contributed by atoms with Crippen molar-refractivity contribution in [2.24, 2.45) is 0 Å². The number of anilines is 1. The van der Waals surface area contributed by atoms with Crippen LogP contribution in [-0.4, -0.2) is 36.1 Å². The van der Waals surface area contributed by atoms with E-state index < -0.39 is 0 Å². The van der Waals surface area contributed by atoms with Crippen molar-refractivity contribution >= 4 is 40.9 Å². The van der Waals surface area contributed by atoms with Gasteiger partial charge in [-0.25, -0.2) is 0 Å². The number of rotatable bonds is 7. The van der Waals surface area contributed by atoms with E-state index in [1.807, 2.05) is 56.3 Å². The largest absolute Gasteiger partial charge is 0.336 e. The summed E-state index contributed by atoms with van der Waals surface area (Å²) in [5, 5.41) is 3.57. The molecule has 2 aromatic carbocycles. The van der Waals surface area contributed by atoms with Gasteiger partial charge < -0.3 is 10.2 Å². The van der Waals surface area contributed by atoms with Crippen LogP contribution in [0, 0.1) is 13.8 Å². The Hall–Kier alpha value is -1.98. The molecule has 0 fully saturated rings. The molecule has 0 aliphatic rings. The van der Waals surface area contributed by atoms with Crippen molar-refractivity contribution in [2.75, 3.05) is 24.7 Å². The van der Waals surface area contributed by atoms with Crippen molar-refractivity contribution in [1.29, 1.82) is 0 Å². The highest BCUT2D eigenvalue weighted by Crippen LogP contribution is 2.18. The van der Waals surface area contributed by atoms with E-state index in [0.717, 1.165) is 28.1 Å². The average Bonchev–Trinajstić information content (AvgIpc) is 2.60. The van der Waals surface area contributed by atoms with Gasteiger partial charge in [-0.15, -0.1) is 11.8 Å². The Balaban J connectivity index is 1.77. The SMILES string of the molecule is Cc1cccc(NC(=O)CN(C)C(=O)CSCc2ccc(Cl)cc2)c1C. The number of amides is 2. The molecule has 6 heteroatoms. The molecule has 0 unspecified atom stereocenters. The summed E-state index contributed by atoms with van der Waals surface area (Å²) < 4.78 is 0. The van der Waals surface area contributed by atoms with Gasteiger partial charge in [-0.05, 0) is 48.7 Å². The van der Waals surface area contributed by atoms with Crippen LogP contribution < -0.4 is 5.32 Å². The van der Waals surface area contributed by atoms with Gasteiger partial charge in [0, 0.05) is 23.5 Å². The predicted molar refractivity (Wildman–Crippen MR) is 110 cm³/mol. The summed E-state index contributed by atoms with van der Waals surface area (Å²) in [6.45, 7) is 4.00. The van der Waals surface area contributed by atoms with Gasteiger partial charge in [0.1, 0.15) is 0 Å². The standard InChI is InChI=1S/C20H23ClN2O2S/c1-14-5-4-6-18(15(14)2)22-19(24)11-23(3)20(25)13-26-12-16-7-9-17(21)10-8-16/h4-10H,11-13H2,1-3H3,(H,22,24). The molecule has 0 aromatic heterocycles. The topological polar surface area (TPSA) is 49.4 Å². The zero-order valence-corrected chi connectivity index (χ0v) is 16.8. The first-order valence-corrected chi connectivity index (χ1v) is 9.82. The lowest BCUT2D eigenvalue weighted by atomic mass is 10.1. The summed E-state index contributed by atoms with van der Waals surface area (Å²) >= 11 is 7.38. The normalized spacial score (nSPS) is 10.5. The van der Waals surface area contributed by atoms with Crippen molar-refractivity contribution in [2.45, 2.75) is 19.6 Å². The first-order chi connectivity index (χ1) is 12.4. The van der Waals surface area contributed by atoms with E-state index in [-0.39, 0.29) is 18.4 Å². The van der Waals surface area contributed by atoms with Crippen LogP contribution >= 0.6 is 23.4 Å². The van der Waals surface area contributed by atoms with E-state index in [2.05, 4.69) is 5.32 Å². The highest BCUT2D eigenvalue weighted by atomic mass is 35.5. The number of nitrogens with one attached hydrogen (secondary N) is 1. The molecule has 0 bridgehead atoms. The Kier molecular flexibility index (Phi) is 7.54. The molecule has 0 heterocycles. The molecule has 138 valence electrons. The molecule has 2 rings (SSSR count). The number of hydrogen-bond acceptors (Lipinski definition) is 3. The van der Waals surface area contributed by atoms with Crippen LogP contribution in [0.3, 0.4) is 0 Å². The van der Waals surface area contributed by atoms with E-state index in [0.29, 0.717) is 10.8 Å². The van der Waals surface area contributed by atoms with Crippen LogP contribution in [0.5, 0.6) is 0 Å². The molecular formula is C20H23ClN2O2S. The van der Waals surface area contributed by atoms with Crippen LogP contribution in [0.15, 0.2) is 42.5 Å². The summed E-state index contributed by atoms with van der Waals surface area (Å²) in [6, 6.07) is 13.3.